The van der Waals surface area contributed by atoms with Crippen LogP contribution in [0.4, 0.5) is 4.79 Å². The molecule has 2 aliphatic heterocycles. The zero-order valence-corrected chi connectivity index (χ0v) is 20.6. The number of imide groups is 1. The van der Waals surface area contributed by atoms with Crippen molar-refractivity contribution in [3.8, 4) is 0 Å². The molecule has 2 saturated heterocycles. The largest absolute Gasteiger partial charge is 0.326 e. The molecule has 34 heavy (non-hydrogen) atoms. The molecule has 0 radical (unpaired) electrons. The van der Waals surface area contributed by atoms with Crippen LogP contribution in [0.5, 0.6) is 0 Å². The second kappa shape index (κ2) is 9.44. The minimum absolute atomic E-state index is 0.143. The molecule has 7 nitrogen and oxygen atoms in total. The molecule has 0 bridgehead atoms. The van der Waals surface area contributed by atoms with E-state index in [1.807, 2.05) is 43.3 Å². The Morgan fingerprint density at radius 1 is 1.03 bits per heavy atom. The fraction of sp³-hybridized carbons (Fsp3) is 0.423. The van der Waals surface area contributed by atoms with Gasteiger partial charge in [0.05, 0.1) is 22.9 Å². The first kappa shape index (κ1) is 23.0. The summed E-state index contributed by atoms with van der Waals surface area (Å²) in [5.41, 5.74) is 0.948. The minimum Gasteiger partial charge on any atom is -0.319 e. The number of fused-ring (bicyclic) bond motifs is 1. The topological polar surface area (TPSA) is 68.8 Å². The third-order valence-electron chi connectivity index (χ3n) is 7.03. The molecule has 0 aliphatic carbocycles. The van der Waals surface area contributed by atoms with Crippen molar-refractivity contribution in [2.45, 2.75) is 38.3 Å². The number of aromatic nitrogens is 1. The van der Waals surface area contributed by atoms with Crippen molar-refractivity contribution < 1.29 is 9.59 Å². The van der Waals surface area contributed by atoms with E-state index in [0.717, 1.165) is 48.7 Å². The van der Waals surface area contributed by atoms with E-state index < -0.39 is 5.54 Å². The van der Waals surface area contributed by atoms with Gasteiger partial charge >= 0.3 is 6.03 Å². The van der Waals surface area contributed by atoms with E-state index in [-0.39, 0.29) is 18.0 Å². The van der Waals surface area contributed by atoms with E-state index in [0.29, 0.717) is 13.1 Å². The lowest BCUT2D eigenvalue weighted by molar-refractivity contribution is -0.133. The van der Waals surface area contributed by atoms with Crippen LogP contribution in [0.3, 0.4) is 0 Å². The Hall–Kier alpha value is -2.81. The number of hydrogen-bond donors (Lipinski definition) is 1. The van der Waals surface area contributed by atoms with Gasteiger partial charge in [-0.2, -0.15) is 0 Å². The molecule has 0 unspecified atom stereocenters. The van der Waals surface area contributed by atoms with Crippen molar-refractivity contribution in [1.82, 2.24) is 25.0 Å². The Morgan fingerprint density at radius 3 is 2.44 bits per heavy atom. The Bertz CT molecular complexity index is 1140. The van der Waals surface area contributed by atoms with Gasteiger partial charge in [0.1, 0.15) is 10.5 Å². The van der Waals surface area contributed by atoms with Crippen LogP contribution in [0.2, 0.25) is 0 Å². The van der Waals surface area contributed by atoms with E-state index in [1.165, 1.54) is 9.60 Å². The first-order chi connectivity index (χ1) is 16.5. The SMILES string of the molecule is CCC[C@@]1(c2ccccc2)NC(=O)N(CN2CCN([C@H](C)c3nc4ccccc4s3)CC2)C1=O. The number of amides is 3. The van der Waals surface area contributed by atoms with Crippen molar-refractivity contribution >= 4 is 33.5 Å². The summed E-state index contributed by atoms with van der Waals surface area (Å²) in [5.74, 6) is -0.143. The van der Waals surface area contributed by atoms with Crippen molar-refractivity contribution in [2.24, 2.45) is 0 Å². The average Bonchev–Trinajstić information content (AvgIpc) is 3.40. The molecule has 3 amide bonds. The molecule has 8 heteroatoms. The van der Waals surface area contributed by atoms with Gasteiger partial charge in [-0.3, -0.25) is 14.6 Å². The van der Waals surface area contributed by atoms with Gasteiger partial charge in [-0.25, -0.2) is 14.7 Å². The summed E-state index contributed by atoms with van der Waals surface area (Å²) in [5, 5.41) is 4.16. The highest BCUT2D eigenvalue weighted by Crippen LogP contribution is 2.34. The zero-order valence-electron chi connectivity index (χ0n) is 19.7. The second-order valence-electron chi connectivity index (χ2n) is 9.18. The van der Waals surface area contributed by atoms with Gasteiger partial charge in [-0.15, -0.1) is 11.3 Å². The highest BCUT2D eigenvalue weighted by atomic mass is 32.1. The number of nitrogens with zero attached hydrogens (tertiary/aromatic N) is 4. The first-order valence-corrected chi connectivity index (χ1v) is 12.8. The summed E-state index contributed by atoms with van der Waals surface area (Å²) >= 11 is 1.76. The van der Waals surface area contributed by atoms with Gasteiger partial charge in [0.25, 0.3) is 5.91 Å². The molecule has 178 valence electrons. The smallest absolute Gasteiger partial charge is 0.319 e. The van der Waals surface area contributed by atoms with Crippen molar-refractivity contribution in [1.29, 1.82) is 0 Å². The summed E-state index contributed by atoms with van der Waals surface area (Å²) in [6, 6.07) is 17.8. The highest BCUT2D eigenvalue weighted by molar-refractivity contribution is 7.18. The third-order valence-corrected chi connectivity index (χ3v) is 8.24. The van der Waals surface area contributed by atoms with Gasteiger partial charge in [-0.05, 0) is 31.0 Å². The number of para-hydroxylation sites is 1. The average molecular weight is 478 g/mol. The van der Waals surface area contributed by atoms with Gasteiger partial charge in [0.15, 0.2) is 0 Å². The number of rotatable bonds is 7. The predicted molar refractivity (Wildman–Crippen MR) is 134 cm³/mol. The number of piperazine rings is 1. The van der Waals surface area contributed by atoms with Crippen LogP contribution in [-0.4, -0.2) is 64.5 Å². The maximum atomic E-state index is 13.5. The fourth-order valence-electron chi connectivity index (χ4n) is 5.08. The van der Waals surface area contributed by atoms with Crippen molar-refractivity contribution in [3.63, 3.8) is 0 Å². The molecule has 0 spiro atoms. The lowest BCUT2D eigenvalue weighted by Crippen LogP contribution is -2.52. The van der Waals surface area contributed by atoms with Gasteiger partial charge in [0.2, 0.25) is 0 Å². The summed E-state index contributed by atoms with van der Waals surface area (Å²) in [6.07, 6.45) is 1.39. The molecule has 5 rings (SSSR count). The zero-order chi connectivity index (χ0) is 23.7. The van der Waals surface area contributed by atoms with Crippen LogP contribution in [0.25, 0.3) is 10.2 Å². The maximum Gasteiger partial charge on any atom is 0.326 e. The number of hydrogen-bond acceptors (Lipinski definition) is 6. The molecular weight excluding hydrogens is 446 g/mol. The lowest BCUT2D eigenvalue weighted by Gasteiger charge is -2.38. The van der Waals surface area contributed by atoms with Gasteiger partial charge in [0, 0.05) is 26.2 Å². The molecule has 2 fully saturated rings. The van der Waals surface area contributed by atoms with E-state index >= 15 is 0 Å². The standard InChI is InChI=1S/C26H31N5O2S/c1-3-13-26(20-9-5-4-6-10-20)24(32)31(25(33)28-26)18-29-14-16-30(17-15-29)19(2)23-27-21-11-7-8-12-22(21)34-23/h4-12,19H,3,13-18H2,1-2H3,(H,28,33)/t19-,26+/m1/s1. The highest BCUT2D eigenvalue weighted by Gasteiger charge is 2.52. The number of carbonyl (C=O) groups is 2. The van der Waals surface area contributed by atoms with Crippen LogP contribution >= 0.6 is 11.3 Å². The van der Waals surface area contributed by atoms with E-state index in [4.69, 9.17) is 4.98 Å². The molecule has 2 aromatic carbocycles. The molecule has 3 aromatic rings. The maximum absolute atomic E-state index is 13.5. The van der Waals surface area contributed by atoms with Crippen LogP contribution in [-0.2, 0) is 10.3 Å². The normalized spacial score (nSPS) is 22.9. The molecule has 1 aromatic heterocycles. The van der Waals surface area contributed by atoms with Crippen LogP contribution < -0.4 is 5.32 Å². The van der Waals surface area contributed by atoms with Crippen molar-refractivity contribution in [2.75, 3.05) is 32.8 Å². The van der Waals surface area contributed by atoms with Crippen LogP contribution in [0.15, 0.2) is 54.6 Å². The summed E-state index contributed by atoms with van der Waals surface area (Å²) < 4.78 is 1.22. The molecule has 1 N–H and O–H groups in total. The van der Waals surface area contributed by atoms with Gasteiger partial charge < -0.3 is 5.32 Å². The number of carbonyl (C=O) groups excluding carboxylic acids is 2. The lowest BCUT2D eigenvalue weighted by atomic mass is 9.85. The number of benzene rings is 2. The third kappa shape index (κ3) is 4.10. The van der Waals surface area contributed by atoms with E-state index in [1.54, 1.807) is 11.3 Å². The Balaban J connectivity index is 1.23. The Kier molecular flexibility index (Phi) is 6.38. The number of nitrogens with one attached hydrogen (secondary N) is 1. The molecule has 0 saturated carbocycles. The Labute approximate surface area is 204 Å². The fourth-order valence-corrected chi connectivity index (χ4v) is 6.13. The number of thiazole rings is 1. The molecule has 2 aliphatic rings. The molecule has 3 heterocycles. The summed E-state index contributed by atoms with van der Waals surface area (Å²) in [7, 11) is 0. The number of urea groups is 1. The molecule has 2 atom stereocenters. The van der Waals surface area contributed by atoms with E-state index in [2.05, 4.69) is 40.2 Å². The van der Waals surface area contributed by atoms with Crippen LogP contribution in [0, 0.1) is 0 Å². The Morgan fingerprint density at radius 2 is 1.74 bits per heavy atom. The quantitative estimate of drug-likeness (QED) is 0.517. The molecular formula is C26H31N5O2S. The minimum atomic E-state index is -0.962. The predicted octanol–water partition coefficient (Wildman–Crippen LogP) is 4.18. The van der Waals surface area contributed by atoms with Crippen LogP contribution in [0.1, 0.15) is 43.3 Å². The monoisotopic (exact) mass is 477 g/mol. The summed E-state index contributed by atoms with van der Waals surface area (Å²) in [6.45, 7) is 7.94. The van der Waals surface area contributed by atoms with E-state index in [9.17, 15) is 9.59 Å². The van der Waals surface area contributed by atoms with Gasteiger partial charge in [-0.1, -0.05) is 55.8 Å². The van der Waals surface area contributed by atoms with Crippen molar-refractivity contribution in [3.05, 3.63) is 65.2 Å². The summed E-state index contributed by atoms with van der Waals surface area (Å²) in [4.78, 5) is 37.3. The first-order valence-electron chi connectivity index (χ1n) is 12.0. The second-order valence-corrected chi connectivity index (χ2v) is 10.2.